The Morgan fingerprint density at radius 3 is 3.26 bits per heavy atom. The van der Waals surface area contributed by atoms with E-state index in [1.54, 1.807) is 6.20 Å². The van der Waals surface area contributed by atoms with Crippen molar-refractivity contribution in [3.8, 4) is 0 Å². The van der Waals surface area contributed by atoms with Gasteiger partial charge >= 0.3 is 0 Å². The second kappa shape index (κ2) is 4.14. The Morgan fingerprint density at radius 2 is 2.42 bits per heavy atom. The van der Waals surface area contributed by atoms with Crippen LogP contribution in [0.2, 0.25) is 0 Å². The van der Waals surface area contributed by atoms with E-state index < -0.39 is 0 Å². The Hall–Kier alpha value is -1.73. The minimum atomic E-state index is 0.0260. The molecule has 6 nitrogen and oxygen atoms in total. The van der Waals surface area contributed by atoms with E-state index in [1.807, 2.05) is 27.1 Å². The summed E-state index contributed by atoms with van der Waals surface area (Å²) in [6, 6.07) is 3.85. The van der Waals surface area contributed by atoms with Gasteiger partial charge in [-0.25, -0.2) is 4.68 Å². The van der Waals surface area contributed by atoms with Gasteiger partial charge in [-0.2, -0.15) is 0 Å². The Bertz CT molecular complexity index is 609. The first-order valence-electron chi connectivity index (χ1n) is 6.16. The number of carbonyl (C=O) groups is 1. The molecule has 2 aliphatic heterocycles. The quantitative estimate of drug-likeness (QED) is 0.777. The monoisotopic (exact) mass is 276 g/mol. The lowest BCUT2D eigenvalue weighted by Crippen LogP contribution is -2.32. The van der Waals surface area contributed by atoms with Crippen LogP contribution in [-0.2, 0) is 11.3 Å². The van der Waals surface area contributed by atoms with Crippen LogP contribution in [0.15, 0.2) is 23.7 Å². The van der Waals surface area contributed by atoms with E-state index in [2.05, 4.69) is 10.3 Å². The molecule has 0 radical (unpaired) electrons. The summed E-state index contributed by atoms with van der Waals surface area (Å²) in [4.78, 5) is 15.0. The summed E-state index contributed by atoms with van der Waals surface area (Å²) < 4.78 is 7.69. The minimum absolute atomic E-state index is 0.0260. The van der Waals surface area contributed by atoms with Crippen molar-refractivity contribution in [3.05, 3.63) is 34.3 Å². The van der Waals surface area contributed by atoms with E-state index in [0.29, 0.717) is 19.7 Å². The molecule has 98 valence electrons. The van der Waals surface area contributed by atoms with Crippen LogP contribution in [0.3, 0.4) is 0 Å². The van der Waals surface area contributed by atoms with Gasteiger partial charge in [0.1, 0.15) is 0 Å². The lowest BCUT2D eigenvalue weighted by molar-refractivity contribution is -0.00487. The molecule has 0 saturated carbocycles. The number of hydrogen-bond acceptors (Lipinski definition) is 5. The fourth-order valence-corrected chi connectivity index (χ4v) is 3.41. The normalized spacial score (nSPS) is 25.2. The van der Waals surface area contributed by atoms with E-state index >= 15 is 0 Å². The maximum absolute atomic E-state index is 12.3. The molecule has 1 fully saturated rings. The molecule has 0 unspecified atom stereocenters. The summed E-state index contributed by atoms with van der Waals surface area (Å²) in [6.07, 6.45) is 1.75. The van der Waals surface area contributed by atoms with Gasteiger partial charge in [0, 0.05) is 13.1 Å². The number of carbonyl (C=O) groups excluding carboxylic acids is 1. The van der Waals surface area contributed by atoms with E-state index in [9.17, 15) is 4.79 Å². The summed E-state index contributed by atoms with van der Waals surface area (Å²) in [5.74, 6) is 0.0784. The van der Waals surface area contributed by atoms with Crippen molar-refractivity contribution in [2.45, 2.75) is 18.8 Å². The molecule has 2 aliphatic rings. The molecule has 0 aromatic carbocycles. The van der Waals surface area contributed by atoms with Crippen LogP contribution < -0.4 is 0 Å². The van der Waals surface area contributed by atoms with Crippen LogP contribution >= 0.6 is 11.3 Å². The number of nitrogens with zero attached hydrogens (tertiary/aromatic N) is 4. The molecule has 4 rings (SSSR count). The van der Waals surface area contributed by atoms with Gasteiger partial charge in [0.25, 0.3) is 5.91 Å². The zero-order chi connectivity index (χ0) is 12.8. The Balaban J connectivity index is 1.59. The number of fused-ring (bicyclic) bond motifs is 3. The van der Waals surface area contributed by atoms with Crippen molar-refractivity contribution in [3.63, 3.8) is 0 Å². The van der Waals surface area contributed by atoms with Crippen molar-refractivity contribution in [1.29, 1.82) is 0 Å². The number of ether oxygens (including phenoxy) is 1. The van der Waals surface area contributed by atoms with Crippen molar-refractivity contribution in [2.24, 2.45) is 0 Å². The summed E-state index contributed by atoms with van der Waals surface area (Å²) >= 11 is 1.47. The van der Waals surface area contributed by atoms with E-state index in [4.69, 9.17) is 4.74 Å². The molecular weight excluding hydrogens is 264 g/mol. The Kier molecular flexibility index (Phi) is 2.42. The number of amides is 1. The maximum atomic E-state index is 12.3. The lowest BCUT2D eigenvalue weighted by Gasteiger charge is -2.25. The van der Waals surface area contributed by atoms with Crippen LogP contribution in [0.25, 0.3) is 0 Å². The molecular formula is C12H12N4O2S. The van der Waals surface area contributed by atoms with Gasteiger partial charge in [-0.3, -0.25) is 4.79 Å². The smallest absolute Gasteiger partial charge is 0.264 e. The molecule has 2 aromatic rings. The number of rotatable bonds is 1. The van der Waals surface area contributed by atoms with Crippen molar-refractivity contribution >= 4 is 17.2 Å². The van der Waals surface area contributed by atoms with Gasteiger partial charge in [0.05, 0.1) is 35.5 Å². The van der Waals surface area contributed by atoms with Gasteiger partial charge in [-0.05, 0) is 11.4 Å². The molecule has 7 heteroatoms. The van der Waals surface area contributed by atoms with Crippen LogP contribution in [0.1, 0.15) is 21.4 Å². The number of thiophene rings is 1. The van der Waals surface area contributed by atoms with Crippen LogP contribution in [0, 0.1) is 0 Å². The molecule has 1 saturated heterocycles. The molecule has 0 N–H and O–H groups in total. The number of aromatic nitrogens is 3. The van der Waals surface area contributed by atoms with E-state index in [0.717, 1.165) is 10.6 Å². The highest BCUT2D eigenvalue weighted by Crippen LogP contribution is 2.31. The third-order valence-corrected chi connectivity index (χ3v) is 4.52. The second-order valence-corrected chi connectivity index (χ2v) is 5.72. The highest BCUT2D eigenvalue weighted by atomic mass is 32.1. The molecule has 2 aromatic heterocycles. The van der Waals surface area contributed by atoms with Crippen LogP contribution in [0.5, 0.6) is 0 Å². The third-order valence-electron chi connectivity index (χ3n) is 3.66. The predicted molar refractivity (Wildman–Crippen MR) is 67.9 cm³/mol. The van der Waals surface area contributed by atoms with Gasteiger partial charge < -0.3 is 9.64 Å². The molecule has 4 heterocycles. The average molecular weight is 276 g/mol. The maximum Gasteiger partial charge on any atom is 0.264 e. The van der Waals surface area contributed by atoms with E-state index in [-0.39, 0.29) is 18.1 Å². The molecule has 0 spiro atoms. The zero-order valence-electron chi connectivity index (χ0n) is 10.1. The lowest BCUT2D eigenvalue weighted by atomic mass is 10.2. The van der Waals surface area contributed by atoms with Crippen LogP contribution in [-0.4, -0.2) is 45.0 Å². The first-order chi connectivity index (χ1) is 9.33. The molecule has 0 aliphatic carbocycles. The summed E-state index contributed by atoms with van der Waals surface area (Å²) in [5.41, 5.74) is 0.978. The van der Waals surface area contributed by atoms with Crippen LogP contribution in [0.4, 0.5) is 0 Å². The second-order valence-electron chi connectivity index (χ2n) is 4.77. The van der Waals surface area contributed by atoms with Gasteiger partial charge in [0.15, 0.2) is 0 Å². The fraction of sp³-hybridized carbons (Fsp3) is 0.417. The fourth-order valence-electron chi connectivity index (χ4n) is 2.72. The first-order valence-corrected chi connectivity index (χ1v) is 7.04. The largest absolute Gasteiger partial charge is 0.368 e. The molecule has 1 amide bonds. The SMILES string of the molecule is O=C(c1cccs1)N1C[C@@H]2OCc3cnnn3[C@H]2C1. The number of hydrogen-bond donors (Lipinski definition) is 0. The average Bonchev–Trinajstić information content (AvgIpc) is 3.15. The number of likely N-dealkylation sites (tertiary alicyclic amines) is 1. The first kappa shape index (κ1) is 11.1. The Morgan fingerprint density at radius 1 is 1.47 bits per heavy atom. The van der Waals surface area contributed by atoms with Crippen molar-refractivity contribution in [2.75, 3.05) is 13.1 Å². The van der Waals surface area contributed by atoms with Crippen molar-refractivity contribution in [1.82, 2.24) is 19.9 Å². The highest BCUT2D eigenvalue weighted by molar-refractivity contribution is 7.12. The summed E-state index contributed by atoms with van der Waals surface area (Å²) in [6.45, 7) is 1.79. The summed E-state index contributed by atoms with van der Waals surface area (Å²) in [5, 5.41) is 9.94. The topological polar surface area (TPSA) is 60.3 Å². The predicted octanol–water partition coefficient (Wildman–Crippen LogP) is 0.935. The van der Waals surface area contributed by atoms with Crippen molar-refractivity contribution < 1.29 is 9.53 Å². The highest BCUT2D eigenvalue weighted by Gasteiger charge is 2.41. The van der Waals surface area contributed by atoms with Gasteiger partial charge in [0.2, 0.25) is 0 Å². The molecule has 19 heavy (non-hydrogen) atoms. The van der Waals surface area contributed by atoms with Gasteiger partial charge in [-0.1, -0.05) is 11.3 Å². The van der Waals surface area contributed by atoms with E-state index in [1.165, 1.54) is 11.3 Å². The third kappa shape index (κ3) is 1.69. The molecule has 0 bridgehead atoms. The minimum Gasteiger partial charge on any atom is -0.368 e. The summed E-state index contributed by atoms with van der Waals surface area (Å²) in [7, 11) is 0. The standard InChI is InChI=1S/C12H12N4O2S/c17-12(11-2-1-3-19-11)15-5-9-10(6-15)18-7-8-4-13-14-16(8)9/h1-4,9-10H,5-7H2/t9-,10-/m0/s1. The molecule has 2 atom stereocenters. The van der Waals surface area contributed by atoms with Gasteiger partial charge in [-0.15, -0.1) is 16.4 Å². The Labute approximate surface area is 113 Å². The zero-order valence-corrected chi connectivity index (χ0v) is 10.9.